The van der Waals surface area contributed by atoms with Crippen molar-refractivity contribution in [3.63, 3.8) is 0 Å². The maximum absolute atomic E-state index is 8.71. The topological polar surface area (TPSA) is 54.3 Å². The number of hydrogen-bond acceptors (Lipinski definition) is 4. The summed E-state index contributed by atoms with van der Waals surface area (Å²) in [4.78, 5) is 0. The molecule has 2 rings (SSSR count). The summed E-state index contributed by atoms with van der Waals surface area (Å²) in [5.41, 5.74) is 2.03. The third-order valence-electron chi connectivity index (χ3n) is 3.83. The van der Waals surface area contributed by atoms with Crippen LogP contribution in [0.1, 0.15) is 27.7 Å². The minimum Gasteiger partial charge on any atom is -0.399 e. The van der Waals surface area contributed by atoms with E-state index in [1.165, 1.54) is 0 Å². The summed E-state index contributed by atoms with van der Waals surface area (Å²) in [7, 11) is 1.58. The lowest BCUT2D eigenvalue weighted by Crippen LogP contribution is -2.41. The van der Waals surface area contributed by atoms with E-state index < -0.39 is 7.12 Å². The van der Waals surface area contributed by atoms with E-state index in [0.717, 1.165) is 16.6 Å². The number of hydrogen-bond donors (Lipinski definition) is 1. The molecule has 1 aliphatic heterocycles. The molecule has 0 saturated carbocycles. The van der Waals surface area contributed by atoms with Crippen molar-refractivity contribution < 1.29 is 9.31 Å². The van der Waals surface area contributed by atoms with Crippen molar-refractivity contribution in [1.82, 2.24) is 0 Å². The molecule has 1 aromatic carbocycles. The van der Waals surface area contributed by atoms with Gasteiger partial charge in [-0.1, -0.05) is 11.5 Å². The Balaban J connectivity index is 2.32. The van der Waals surface area contributed by atoms with Crippen molar-refractivity contribution in [2.24, 2.45) is 0 Å². The molecular formula is C13H18B2N2O2. The van der Waals surface area contributed by atoms with Gasteiger partial charge in [-0.3, -0.25) is 5.32 Å². The van der Waals surface area contributed by atoms with E-state index in [9.17, 15) is 0 Å². The fourth-order valence-electron chi connectivity index (χ4n) is 2.06. The summed E-state index contributed by atoms with van der Waals surface area (Å²) in [5.74, 6) is 0. The first-order valence-corrected chi connectivity index (χ1v) is 6.37. The molecule has 1 fully saturated rings. The van der Waals surface area contributed by atoms with Crippen LogP contribution in [0.3, 0.4) is 0 Å². The summed E-state index contributed by atoms with van der Waals surface area (Å²) in [6, 6.07) is 5.82. The Hall–Kier alpha value is -1.44. The molecule has 0 unspecified atom stereocenters. The van der Waals surface area contributed by atoms with Gasteiger partial charge < -0.3 is 9.31 Å². The molecule has 0 bridgehead atoms. The molecule has 0 atom stereocenters. The van der Waals surface area contributed by atoms with Crippen molar-refractivity contribution in [2.75, 3.05) is 5.32 Å². The van der Waals surface area contributed by atoms with E-state index in [0.29, 0.717) is 0 Å². The van der Waals surface area contributed by atoms with Gasteiger partial charge in [0, 0.05) is 5.69 Å². The van der Waals surface area contributed by atoms with Gasteiger partial charge in [-0.15, -0.1) is 0 Å². The molecule has 1 heterocycles. The van der Waals surface area contributed by atoms with E-state index in [2.05, 4.69) is 5.32 Å². The highest BCUT2D eigenvalue weighted by Crippen LogP contribution is 2.36. The molecular weight excluding hydrogens is 238 g/mol. The highest BCUT2D eigenvalue weighted by atomic mass is 16.7. The average molecular weight is 256 g/mol. The van der Waals surface area contributed by atoms with Gasteiger partial charge in [0.05, 0.1) is 11.2 Å². The molecule has 1 aliphatic rings. The summed E-state index contributed by atoms with van der Waals surface area (Å²) in [5, 5.41) is 11.4. The van der Waals surface area contributed by atoms with Gasteiger partial charge >= 0.3 is 7.12 Å². The first-order chi connectivity index (χ1) is 8.75. The zero-order chi connectivity index (χ0) is 14.3. The predicted octanol–water partition coefficient (Wildman–Crippen LogP) is 0.137. The quantitative estimate of drug-likeness (QED) is 0.464. The Bertz CT molecular complexity index is 522. The molecule has 19 heavy (non-hydrogen) atoms. The van der Waals surface area contributed by atoms with Gasteiger partial charge in [-0.25, -0.2) is 0 Å². The van der Waals surface area contributed by atoms with E-state index in [-0.39, 0.29) is 11.2 Å². The first kappa shape index (κ1) is 14.0. The largest absolute Gasteiger partial charge is 0.494 e. The lowest BCUT2D eigenvalue weighted by molar-refractivity contribution is 0.00578. The number of rotatable bonds is 2. The molecule has 0 amide bonds. The van der Waals surface area contributed by atoms with E-state index in [1.807, 2.05) is 59.9 Å². The predicted molar refractivity (Wildman–Crippen MR) is 79.6 cm³/mol. The van der Waals surface area contributed by atoms with Crippen LogP contribution in [0.25, 0.3) is 0 Å². The number of nitrogens with zero attached hydrogens (tertiary/aromatic N) is 1. The summed E-state index contributed by atoms with van der Waals surface area (Å²) < 4.78 is 12.0. The number of nitriles is 1. The van der Waals surface area contributed by atoms with Crippen LogP contribution in [0.4, 0.5) is 5.69 Å². The second-order valence-electron chi connectivity index (χ2n) is 5.96. The maximum atomic E-state index is 8.71. The zero-order valence-electron chi connectivity index (χ0n) is 12.1. The lowest BCUT2D eigenvalue weighted by atomic mass is 9.76. The van der Waals surface area contributed by atoms with Crippen LogP contribution in [-0.4, -0.2) is 26.2 Å². The van der Waals surface area contributed by atoms with Crippen LogP contribution < -0.4 is 16.2 Å². The summed E-state index contributed by atoms with van der Waals surface area (Å²) in [6.45, 7) is 8.10. The zero-order valence-corrected chi connectivity index (χ0v) is 12.1. The van der Waals surface area contributed by atoms with Crippen LogP contribution in [0, 0.1) is 11.5 Å². The Morgan fingerprint density at radius 2 is 1.74 bits per heavy atom. The normalized spacial score (nSPS) is 20.1. The fourth-order valence-corrected chi connectivity index (χ4v) is 2.06. The van der Waals surface area contributed by atoms with Crippen LogP contribution in [0.5, 0.6) is 0 Å². The minimum absolute atomic E-state index is 0.357. The third-order valence-corrected chi connectivity index (χ3v) is 3.83. The smallest absolute Gasteiger partial charge is 0.399 e. The van der Waals surface area contributed by atoms with Crippen LogP contribution in [0.15, 0.2) is 18.2 Å². The monoisotopic (exact) mass is 256 g/mol. The average Bonchev–Trinajstić information content (AvgIpc) is 2.48. The van der Waals surface area contributed by atoms with Crippen LogP contribution >= 0.6 is 0 Å². The van der Waals surface area contributed by atoms with Crippen molar-refractivity contribution >= 4 is 31.6 Å². The first-order valence-electron chi connectivity index (χ1n) is 6.37. The highest BCUT2D eigenvalue weighted by molar-refractivity contribution is 6.62. The van der Waals surface area contributed by atoms with Crippen molar-refractivity contribution in [2.45, 2.75) is 38.9 Å². The second kappa shape index (κ2) is 4.59. The number of anilines is 1. The van der Waals surface area contributed by atoms with Crippen LogP contribution in [0.2, 0.25) is 0 Å². The lowest BCUT2D eigenvalue weighted by Gasteiger charge is -2.32. The molecule has 1 N–H and O–H groups in total. The van der Waals surface area contributed by atoms with Gasteiger partial charge in [-0.05, 0) is 45.3 Å². The Morgan fingerprint density at radius 1 is 1.16 bits per heavy atom. The molecule has 98 valence electrons. The third kappa shape index (κ3) is 2.63. The molecule has 0 spiro atoms. The summed E-state index contributed by atoms with van der Waals surface area (Å²) >= 11 is 0. The SMILES string of the molecule is Bc1cc(NC#N)cc(B2OC(C)(C)C(C)(C)O2)c1. The van der Waals surface area contributed by atoms with Crippen molar-refractivity contribution in [3.05, 3.63) is 18.2 Å². The summed E-state index contributed by atoms with van der Waals surface area (Å²) in [6.07, 6.45) is 1.93. The van der Waals surface area contributed by atoms with Gasteiger partial charge in [-0.2, -0.15) is 5.26 Å². The van der Waals surface area contributed by atoms with Gasteiger partial charge in [0.1, 0.15) is 7.85 Å². The van der Waals surface area contributed by atoms with E-state index in [4.69, 9.17) is 14.6 Å². The van der Waals surface area contributed by atoms with Gasteiger partial charge in [0.2, 0.25) is 0 Å². The van der Waals surface area contributed by atoms with E-state index in [1.54, 1.807) is 0 Å². The molecule has 1 aromatic rings. The number of benzene rings is 1. The molecule has 0 radical (unpaired) electrons. The van der Waals surface area contributed by atoms with Crippen molar-refractivity contribution in [3.8, 4) is 6.19 Å². The van der Waals surface area contributed by atoms with Gasteiger partial charge in [0.25, 0.3) is 0 Å². The highest BCUT2D eigenvalue weighted by Gasteiger charge is 2.51. The van der Waals surface area contributed by atoms with E-state index >= 15 is 0 Å². The maximum Gasteiger partial charge on any atom is 0.494 e. The molecule has 0 aromatic heterocycles. The van der Waals surface area contributed by atoms with Gasteiger partial charge in [0.15, 0.2) is 6.19 Å². The second-order valence-corrected chi connectivity index (χ2v) is 5.96. The Morgan fingerprint density at radius 3 is 2.26 bits per heavy atom. The molecule has 1 saturated heterocycles. The molecule has 0 aliphatic carbocycles. The fraction of sp³-hybridized carbons (Fsp3) is 0.462. The molecule has 4 nitrogen and oxygen atoms in total. The minimum atomic E-state index is -0.399. The van der Waals surface area contributed by atoms with Crippen molar-refractivity contribution in [1.29, 1.82) is 5.26 Å². The Labute approximate surface area is 115 Å². The number of nitrogens with one attached hydrogen (secondary N) is 1. The molecule has 6 heteroatoms. The van der Waals surface area contributed by atoms with Crippen LogP contribution in [-0.2, 0) is 9.31 Å². The Kier molecular flexibility index (Phi) is 3.38. The standard InChI is InChI=1S/C13H18B2N2O2/c1-12(2)13(3,4)19-15(18-12)10-5-9(14)6-11(7-10)17-8-16/h5-7,17H,14H2,1-4H3.